The fourth-order valence-electron chi connectivity index (χ4n) is 3.98. The van der Waals surface area contributed by atoms with Crippen LogP contribution in [0.1, 0.15) is 31.9 Å². The lowest BCUT2D eigenvalue weighted by Crippen LogP contribution is -2.33. The van der Waals surface area contributed by atoms with E-state index in [2.05, 4.69) is 44.5 Å². The first-order chi connectivity index (χ1) is 14.0. The minimum atomic E-state index is -0.371. The Morgan fingerprint density at radius 3 is 2.79 bits per heavy atom. The fourth-order valence-corrected chi connectivity index (χ4v) is 3.98. The van der Waals surface area contributed by atoms with Gasteiger partial charge in [0.25, 0.3) is 5.56 Å². The maximum absolute atomic E-state index is 12.6. The van der Waals surface area contributed by atoms with Gasteiger partial charge in [0.1, 0.15) is 12.9 Å². The van der Waals surface area contributed by atoms with Gasteiger partial charge in [-0.3, -0.25) is 9.59 Å². The number of hydrogen-bond donors (Lipinski definition) is 1. The van der Waals surface area contributed by atoms with Crippen molar-refractivity contribution in [1.82, 2.24) is 29.6 Å². The molecule has 1 amide bonds. The summed E-state index contributed by atoms with van der Waals surface area (Å²) in [6, 6.07) is 4.97. The SMILES string of the molecule is CC(C)c1nn(CC(=O)Nc2ccc3nncn3n2)c(=O)cc1N1CC2CC2C1. The Bertz CT molecular complexity index is 1140. The molecule has 1 saturated carbocycles. The lowest BCUT2D eigenvalue weighted by Gasteiger charge is -2.24. The molecule has 3 aromatic rings. The average Bonchev–Trinajstić information content (AvgIpc) is 3.08. The second-order valence-electron chi connectivity index (χ2n) is 8.13. The number of amides is 1. The molecular formula is C19H22N8O2. The number of rotatable bonds is 5. The third kappa shape index (κ3) is 3.34. The van der Waals surface area contributed by atoms with Crippen LogP contribution >= 0.6 is 0 Å². The van der Waals surface area contributed by atoms with E-state index < -0.39 is 0 Å². The Morgan fingerprint density at radius 1 is 1.24 bits per heavy atom. The number of carbonyl (C=O) groups is 1. The zero-order chi connectivity index (χ0) is 20.1. The number of carbonyl (C=O) groups excluding carboxylic acids is 1. The molecule has 2 atom stereocenters. The molecule has 2 fully saturated rings. The Labute approximate surface area is 166 Å². The highest BCUT2D eigenvalue weighted by Crippen LogP contribution is 2.46. The van der Waals surface area contributed by atoms with Gasteiger partial charge in [0, 0.05) is 19.2 Å². The summed E-state index contributed by atoms with van der Waals surface area (Å²) in [6.45, 7) is 5.91. The second-order valence-corrected chi connectivity index (χ2v) is 8.13. The van der Waals surface area contributed by atoms with E-state index in [9.17, 15) is 9.59 Å². The van der Waals surface area contributed by atoms with E-state index in [1.807, 2.05) is 0 Å². The van der Waals surface area contributed by atoms with Crippen molar-refractivity contribution in [2.75, 3.05) is 23.3 Å². The fraction of sp³-hybridized carbons (Fsp3) is 0.474. The first kappa shape index (κ1) is 17.8. The molecule has 5 rings (SSSR count). The predicted molar refractivity (Wildman–Crippen MR) is 106 cm³/mol. The van der Waals surface area contributed by atoms with Gasteiger partial charge >= 0.3 is 0 Å². The standard InChI is InChI=1S/C19H22N8O2/c1-11(2)19-14(25-7-12-5-13(12)8-25)6-18(29)26(24-19)9-17(28)21-15-3-4-16-22-20-10-27(16)23-15/h3-4,6,10-13H,5,7-9H2,1-2H3,(H,21,23,28). The van der Waals surface area contributed by atoms with E-state index in [1.54, 1.807) is 18.2 Å². The molecule has 150 valence electrons. The molecule has 0 radical (unpaired) electrons. The Balaban J connectivity index is 1.36. The lowest BCUT2D eigenvalue weighted by molar-refractivity contribution is -0.117. The first-order valence-corrected chi connectivity index (χ1v) is 9.82. The zero-order valence-electron chi connectivity index (χ0n) is 16.3. The molecule has 2 unspecified atom stereocenters. The largest absolute Gasteiger partial charge is 0.369 e. The van der Waals surface area contributed by atoms with Crippen LogP contribution in [0.2, 0.25) is 0 Å². The summed E-state index contributed by atoms with van der Waals surface area (Å²) in [5, 5.41) is 19.1. The van der Waals surface area contributed by atoms with Gasteiger partial charge in [0.05, 0.1) is 11.4 Å². The van der Waals surface area contributed by atoms with Crippen molar-refractivity contribution in [3.05, 3.63) is 40.6 Å². The third-order valence-corrected chi connectivity index (χ3v) is 5.59. The van der Waals surface area contributed by atoms with Gasteiger partial charge in [0.2, 0.25) is 5.91 Å². The highest BCUT2D eigenvalue weighted by molar-refractivity contribution is 5.89. The van der Waals surface area contributed by atoms with Crippen molar-refractivity contribution in [3.8, 4) is 0 Å². The van der Waals surface area contributed by atoms with Gasteiger partial charge in [-0.15, -0.1) is 15.3 Å². The number of nitrogens with zero attached hydrogens (tertiary/aromatic N) is 7. The molecule has 1 aliphatic carbocycles. The minimum absolute atomic E-state index is 0.148. The summed E-state index contributed by atoms with van der Waals surface area (Å²) in [5.41, 5.74) is 2.07. The van der Waals surface area contributed by atoms with Crippen molar-refractivity contribution < 1.29 is 4.79 Å². The molecular weight excluding hydrogens is 372 g/mol. The summed E-state index contributed by atoms with van der Waals surface area (Å²) in [5.74, 6) is 1.66. The normalized spacial score (nSPS) is 20.3. The zero-order valence-corrected chi connectivity index (χ0v) is 16.3. The van der Waals surface area contributed by atoms with Gasteiger partial charge in [-0.2, -0.15) is 9.61 Å². The van der Waals surface area contributed by atoms with Crippen LogP contribution in [-0.2, 0) is 11.3 Å². The topological polar surface area (TPSA) is 110 Å². The highest BCUT2D eigenvalue weighted by atomic mass is 16.2. The molecule has 4 heterocycles. The van der Waals surface area contributed by atoms with E-state index in [0.717, 1.165) is 36.3 Å². The summed E-state index contributed by atoms with van der Waals surface area (Å²) in [6.07, 6.45) is 2.75. The van der Waals surface area contributed by atoms with Gasteiger partial charge in [0.15, 0.2) is 11.5 Å². The smallest absolute Gasteiger partial charge is 0.269 e. The average molecular weight is 394 g/mol. The van der Waals surface area contributed by atoms with Gasteiger partial charge in [-0.1, -0.05) is 13.8 Å². The summed E-state index contributed by atoms with van der Waals surface area (Å²) < 4.78 is 2.69. The van der Waals surface area contributed by atoms with Crippen molar-refractivity contribution in [1.29, 1.82) is 0 Å². The van der Waals surface area contributed by atoms with Crippen molar-refractivity contribution >= 4 is 23.1 Å². The highest BCUT2D eigenvalue weighted by Gasteiger charge is 2.45. The van der Waals surface area contributed by atoms with E-state index >= 15 is 0 Å². The number of anilines is 2. The molecule has 3 aromatic heterocycles. The van der Waals surface area contributed by atoms with Crippen LogP contribution in [-0.4, -0.2) is 48.6 Å². The van der Waals surface area contributed by atoms with Crippen molar-refractivity contribution in [3.63, 3.8) is 0 Å². The molecule has 0 spiro atoms. The number of aromatic nitrogens is 6. The predicted octanol–water partition coefficient (Wildman–Crippen LogP) is 0.899. The number of nitrogens with one attached hydrogen (secondary N) is 1. The molecule has 29 heavy (non-hydrogen) atoms. The van der Waals surface area contributed by atoms with E-state index in [1.165, 1.54) is 21.9 Å². The van der Waals surface area contributed by atoms with Crippen LogP contribution < -0.4 is 15.8 Å². The molecule has 1 saturated heterocycles. The van der Waals surface area contributed by atoms with Crippen LogP contribution in [0.4, 0.5) is 11.5 Å². The van der Waals surface area contributed by atoms with Crippen LogP contribution in [0.3, 0.4) is 0 Å². The monoisotopic (exact) mass is 394 g/mol. The summed E-state index contributed by atoms with van der Waals surface area (Å²) in [4.78, 5) is 27.4. The third-order valence-electron chi connectivity index (χ3n) is 5.59. The number of hydrogen-bond acceptors (Lipinski definition) is 7. The summed E-state index contributed by atoms with van der Waals surface area (Å²) in [7, 11) is 0. The number of fused-ring (bicyclic) bond motifs is 2. The van der Waals surface area contributed by atoms with Crippen LogP contribution in [0.25, 0.3) is 5.65 Å². The molecule has 1 N–H and O–H groups in total. The first-order valence-electron chi connectivity index (χ1n) is 9.82. The van der Waals surface area contributed by atoms with E-state index in [4.69, 9.17) is 0 Å². The molecule has 10 heteroatoms. The van der Waals surface area contributed by atoms with Crippen molar-refractivity contribution in [2.24, 2.45) is 11.8 Å². The maximum atomic E-state index is 12.6. The van der Waals surface area contributed by atoms with Crippen LogP contribution in [0.15, 0.2) is 29.3 Å². The second kappa shape index (κ2) is 6.64. The molecule has 2 aliphatic rings. The molecule has 1 aliphatic heterocycles. The molecule has 0 aromatic carbocycles. The maximum Gasteiger partial charge on any atom is 0.269 e. The van der Waals surface area contributed by atoms with Gasteiger partial charge < -0.3 is 10.2 Å². The summed E-state index contributed by atoms with van der Waals surface area (Å²) >= 11 is 0. The lowest BCUT2D eigenvalue weighted by atomic mass is 10.1. The molecule has 0 bridgehead atoms. The molecule has 10 nitrogen and oxygen atoms in total. The van der Waals surface area contributed by atoms with Crippen LogP contribution in [0.5, 0.6) is 0 Å². The Kier molecular flexibility index (Phi) is 4.07. The van der Waals surface area contributed by atoms with Crippen LogP contribution in [0, 0.1) is 11.8 Å². The van der Waals surface area contributed by atoms with Crippen molar-refractivity contribution in [2.45, 2.75) is 32.7 Å². The number of piperidine rings is 1. The Morgan fingerprint density at radius 2 is 2.03 bits per heavy atom. The van der Waals surface area contributed by atoms with E-state index in [-0.39, 0.29) is 23.9 Å². The van der Waals surface area contributed by atoms with Gasteiger partial charge in [-0.25, -0.2) is 4.68 Å². The quantitative estimate of drug-likeness (QED) is 0.684. The van der Waals surface area contributed by atoms with E-state index in [0.29, 0.717) is 11.5 Å². The van der Waals surface area contributed by atoms with Gasteiger partial charge in [-0.05, 0) is 36.3 Å². The Hall–Kier alpha value is -3.30. The minimum Gasteiger partial charge on any atom is -0.369 e.